The first-order valence-electron chi connectivity index (χ1n) is 5.63. The number of rotatable bonds is 4. The zero-order valence-electron chi connectivity index (χ0n) is 9.23. The molecule has 1 unspecified atom stereocenters. The van der Waals surface area contributed by atoms with Crippen LogP contribution in [0.3, 0.4) is 0 Å². The predicted molar refractivity (Wildman–Crippen MR) is 64.0 cm³/mol. The van der Waals surface area contributed by atoms with Gasteiger partial charge in [0.1, 0.15) is 0 Å². The summed E-state index contributed by atoms with van der Waals surface area (Å²) in [5.74, 6) is -0.484. The molecule has 0 aromatic carbocycles. The lowest BCUT2D eigenvalue weighted by molar-refractivity contribution is -0.133. The number of carboxylic acid groups (broad SMARTS) is 1. The first kappa shape index (κ1) is 10.9. The van der Waals surface area contributed by atoms with Crippen LogP contribution in [0.1, 0.15) is 19.3 Å². The fraction of sp³-hybridized carbons (Fsp3) is 0.357. The van der Waals surface area contributed by atoms with Gasteiger partial charge < -0.3 is 5.11 Å². The standard InChI is InChI=1S/C14H16O2/c1-10(14(15)16)13(11-6-2-3-7-11)12-8-4-5-9-12/h2-6,12-13H,1,7-9H2,(H,15,16). The van der Waals surface area contributed by atoms with Crippen molar-refractivity contribution in [2.75, 3.05) is 0 Å². The highest BCUT2D eigenvalue weighted by Crippen LogP contribution is 2.38. The normalized spacial score (nSPS) is 21.1. The molecule has 84 valence electrons. The van der Waals surface area contributed by atoms with E-state index in [1.54, 1.807) is 0 Å². The van der Waals surface area contributed by atoms with Gasteiger partial charge in [-0.2, -0.15) is 0 Å². The Kier molecular flexibility index (Phi) is 3.09. The molecule has 0 bridgehead atoms. The van der Waals surface area contributed by atoms with Gasteiger partial charge in [0.25, 0.3) is 0 Å². The van der Waals surface area contributed by atoms with E-state index in [0.29, 0.717) is 11.5 Å². The molecule has 0 amide bonds. The average molecular weight is 216 g/mol. The van der Waals surface area contributed by atoms with Crippen LogP contribution in [0, 0.1) is 11.8 Å². The van der Waals surface area contributed by atoms with Crippen LogP contribution in [-0.2, 0) is 4.79 Å². The number of carbonyl (C=O) groups is 1. The molecule has 1 atom stereocenters. The fourth-order valence-corrected chi connectivity index (χ4v) is 2.55. The molecule has 2 heteroatoms. The maximum atomic E-state index is 11.1. The van der Waals surface area contributed by atoms with Crippen molar-refractivity contribution in [2.45, 2.75) is 19.3 Å². The second-order valence-electron chi connectivity index (χ2n) is 4.38. The topological polar surface area (TPSA) is 37.3 Å². The van der Waals surface area contributed by atoms with Gasteiger partial charge in [0.15, 0.2) is 0 Å². The Labute approximate surface area is 95.7 Å². The molecule has 0 heterocycles. The van der Waals surface area contributed by atoms with Gasteiger partial charge in [0.2, 0.25) is 0 Å². The maximum Gasteiger partial charge on any atom is 0.331 e. The van der Waals surface area contributed by atoms with Crippen LogP contribution in [0.4, 0.5) is 0 Å². The van der Waals surface area contributed by atoms with Crippen molar-refractivity contribution in [3.05, 3.63) is 48.1 Å². The van der Waals surface area contributed by atoms with E-state index in [-0.39, 0.29) is 5.92 Å². The Morgan fingerprint density at radius 3 is 2.56 bits per heavy atom. The van der Waals surface area contributed by atoms with Crippen molar-refractivity contribution in [3.8, 4) is 0 Å². The van der Waals surface area contributed by atoms with E-state index in [1.165, 1.54) is 5.57 Å². The average Bonchev–Trinajstić information content (AvgIpc) is 2.89. The quantitative estimate of drug-likeness (QED) is 0.579. The number of hydrogen-bond acceptors (Lipinski definition) is 1. The van der Waals surface area contributed by atoms with Gasteiger partial charge in [-0.25, -0.2) is 4.79 Å². The third kappa shape index (κ3) is 2.01. The molecule has 0 aromatic heterocycles. The van der Waals surface area contributed by atoms with Crippen LogP contribution in [0.15, 0.2) is 48.1 Å². The fourth-order valence-electron chi connectivity index (χ4n) is 2.55. The minimum Gasteiger partial charge on any atom is -0.478 e. The molecule has 0 aliphatic heterocycles. The molecule has 0 saturated carbocycles. The monoisotopic (exact) mass is 216 g/mol. The van der Waals surface area contributed by atoms with Crippen LogP contribution in [0.5, 0.6) is 0 Å². The van der Waals surface area contributed by atoms with Gasteiger partial charge >= 0.3 is 5.97 Å². The number of carboxylic acids is 1. The smallest absolute Gasteiger partial charge is 0.331 e. The molecule has 0 spiro atoms. The number of aliphatic carboxylic acids is 1. The van der Waals surface area contributed by atoms with Crippen LogP contribution in [0.2, 0.25) is 0 Å². The maximum absolute atomic E-state index is 11.1. The Balaban J connectivity index is 2.19. The number of hydrogen-bond donors (Lipinski definition) is 1. The summed E-state index contributed by atoms with van der Waals surface area (Å²) >= 11 is 0. The zero-order chi connectivity index (χ0) is 11.5. The van der Waals surface area contributed by atoms with Crippen molar-refractivity contribution in [3.63, 3.8) is 0 Å². The Hall–Kier alpha value is -1.57. The zero-order valence-corrected chi connectivity index (χ0v) is 9.23. The Morgan fingerprint density at radius 1 is 1.38 bits per heavy atom. The van der Waals surface area contributed by atoms with E-state index in [0.717, 1.165) is 19.3 Å². The molecule has 2 aliphatic carbocycles. The van der Waals surface area contributed by atoms with E-state index in [2.05, 4.69) is 24.8 Å². The Morgan fingerprint density at radius 2 is 2.06 bits per heavy atom. The highest BCUT2D eigenvalue weighted by atomic mass is 16.4. The molecule has 0 fully saturated rings. The summed E-state index contributed by atoms with van der Waals surface area (Å²) in [6.07, 6.45) is 13.2. The minimum absolute atomic E-state index is 0.00231. The summed E-state index contributed by atoms with van der Waals surface area (Å²) in [6, 6.07) is 0. The summed E-state index contributed by atoms with van der Waals surface area (Å²) in [5, 5.41) is 9.11. The molecule has 0 radical (unpaired) electrons. The van der Waals surface area contributed by atoms with E-state index in [1.807, 2.05) is 12.2 Å². The van der Waals surface area contributed by atoms with Gasteiger partial charge in [-0.1, -0.05) is 42.5 Å². The summed E-state index contributed by atoms with van der Waals surface area (Å²) in [7, 11) is 0. The van der Waals surface area contributed by atoms with E-state index in [9.17, 15) is 4.79 Å². The third-order valence-electron chi connectivity index (χ3n) is 3.37. The minimum atomic E-state index is -0.871. The molecule has 0 aromatic rings. The van der Waals surface area contributed by atoms with Crippen molar-refractivity contribution in [1.82, 2.24) is 0 Å². The van der Waals surface area contributed by atoms with Crippen LogP contribution >= 0.6 is 0 Å². The summed E-state index contributed by atoms with van der Waals surface area (Å²) in [5.41, 5.74) is 1.53. The number of allylic oxidation sites excluding steroid dienone is 6. The van der Waals surface area contributed by atoms with Crippen LogP contribution < -0.4 is 0 Å². The molecule has 2 rings (SSSR count). The molecule has 16 heavy (non-hydrogen) atoms. The first-order valence-corrected chi connectivity index (χ1v) is 5.63. The van der Waals surface area contributed by atoms with Gasteiger partial charge in [-0.3, -0.25) is 0 Å². The second-order valence-corrected chi connectivity index (χ2v) is 4.38. The largest absolute Gasteiger partial charge is 0.478 e. The van der Waals surface area contributed by atoms with Gasteiger partial charge in [-0.05, 0) is 25.2 Å². The molecule has 2 nitrogen and oxygen atoms in total. The lowest BCUT2D eigenvalue weighted by atomic mass is 9.79. The van der Waals surface area contributed by atoms with E-state index >= 15 is 0 Å². The summed E-state index contributed by atoms with van der Waals surface area (Å²) < 4.78 is 0. The molecule has 2 aliphatic rings. The van der Waals surface area contributed by atoms with Crippen LogP contribution in [0.25, 0.3) is 0 Å². The third-order valence-corrected chi connectivity index (χ3v) is 3.37. The van der Waals surface area contributed by atoms with Crippen LogP contribution in [-0.4, -0.2) is 11.1 Å². The van der Waals surface area contributed by atoms with E-state index in [4.69, 9.17) is 5.11 Å². The predicted octanol–water partition coefficient (Wildman–Crippen LogP) is 3.10. The van der Waals surface area contributed by atoms with Gasteiger partial charge in [0.05, 0.1) is 0 Å². The highest BCUT2D eigenvalue weighted by molar-refractivity contribution is 5.87. The van der Waals surface area contributed by atoms with Gasteiger partial charge in [-0.15, -0.1) is 0 Å². The molecular formula is C14H16O2. The van der Waals surface area contributed by atoms with E-state index < -0.39 is 5.97 Å². The van der Waals surface area contributed by atoms with Gasteiger partial charge in [0, 0.05) is 11.5 Å². The summed E-state index contributed by atoms with van der Waals surface area (Å²) in [6.45, 7) is 3.75. The Bertz CT molecular complexity index is 389. The SMILES string of the molecule is C=C(C(=O)O)C(C1=CC=CC1)C1CC=CC1. The highest BCUT2D eigenvalue weighted by Gasteiger charge is 2.30. The summed E-state index contributed by atoms with van der Waals surface area (Å²) in [4.78, 5) is 11.1. The van der Waals surface area contributed by atoms with Crippen molar-refractivity contribution in [1.29, 1.82) is 0 Å². The lowest BCUT2D eigenvalue weighted by Crippen LogP contribution is -2.21. The molecule has 0 saturated heterocycles. The molecular weight excluding hydrogens is 200 g/mol. The first-order chi connectivity index (χ1) is 7.70. The molecule has 1 N–H and O–H groups in total. The van der Waals surface area contributed by atoms with Crippen molar-refractivity contribution in [2.24, 2.45) is 11.8 Å². The van der Waals surface area contributed by atoms with Crippen molar-refractivity contribution < 1.29 is 9.90 Å². The lowest BCUT2D eigenvalue weighted by Gasteiger charge is -2.25. The van der Waals surface area contributed by atoms with Crippen molar-refractivity contribution >= 4 is 5.97 Å². The second kappa shape index (κ2) is 4.52.